The van der Waals surface area contributed by atoms with E-state index in [1.165, 1.54) is 5.57 Å². The summed E-state index contributed by atoms with van der Waals surface area (Å²) in [5.74, 6) is 8.10. The van der Waals surface area contributed by atoms with Crippen LogP contribution in [0, 0.1) is 29.1 Å². The molecule has 0 amide bonds. The van der Waals surface area contributed by atoms with Crippen molar-refractivity contribution in [1.29, 1.82) is 0 Å². The molecule has 0 saturated heterocycles. The highest BCUT2D eigenvalue weighted by molar-refractivity contribution is 6.69. The maximum Gasteiger partial charge on any atom is 0.185 e. The molecule has 146 valence electrons. The standard InChI is InChI=1S/C23H38O2Si/c1-8-23(9-2,25-26(5,6)7)17-10-12-18(3)19-14-15-20-21(24)13-11-16-22(19,20)4/h14,18,20H,8-9,11-13,15-16H2,1-7H3/t18-,20-,22+/m1/s1. The lowest BCUT2D eigenvalue weighted by Crippen LogP contribution is -2.41. The molecule has 0 radical (unpaired) electrons. The smallest absolute Gasteiger partial charge is 0.185 e. The average molecular weight is 375 g/mol. The minimum Gasteiger partial charge on any atom is -0.402 e. The minimum absolute atomic E-state index is 0.0812. The molecule has 0 aliphatic heterocycles. The number of carbonyl (C=O) groups excluding carboxylic acids is 1. The van der Waals surface area contributed by atoms with E-state index in [2.05, 4.69) is 65.3 Å². The summed E-state index contributed by atoms with van der Waals surface area (Å²) < 4.78 is 6.46. The van der Waals surface area contributed by atoms with Crippen LogP contribution in [0.2, 0.25) is 19.6 Å². The summed E-state index contributed by atoms with van der Waals surface area (Å²) in [6.07, 6.45) is 9.00. The molecule has 1 saturated carbocycles. The number of fused-ring (bicyclic) bond motifs is 1. The number of hydrogen-bond donors (Lipinski definition) is 0. The SMILES string of the molecule is CCC(C#CC[C@@H](C)C1=CC[C@@H]2C(=O)CCC[C@@]12C)(CC)O[Si](C)(C)C. The van der Waals surface area contributed by atoms with Crippen molar-refractivity contribution in [1.82, 2.24) is 0 Å². The second kappa shape index (κ2) is 8.03. The third-order valence-corrected chi connectivity index (χ3v) is 7.41. The lowest BCUT2D eigenvalue weighted by atomic mass is 9.63. The van der Waals surface area contributed by atoms with Crippen molar-refractivity contribution in [3.05, 3.63) is 11.6 Å². The molecule has 0 spiro atoms. The van der Waals surface area contributed by atoms with Crippen molar-refractivity contribution in [2.45, 2.75) is 97.9 Å². The van der Waals surface area contributed by atoms with Gasteiger partial charge in [0.15, 0.2) is 8.32 Å². The average Bonchev–Trinajstić information content (AvgIpc) is 2.91. The Hall–Kier alpha value is -0.853. The molecule has 0 N–H and O–H groups in total. The van der Waals surface area contributed by atoms with Gasteiger partial charge in [-0.25, -0.2) is 0 Å². The van der Waals surface area contributed by atoms with Gasteiger partial charge in [-0.2, -0.15) is 0 Å². The highest BCUT2D eigenvalue weighted by atomic mass is 28.4. The van der Waals surface area contributed by atoms with Crippen molar-refractivity contribution >= 4 is 14.1 Å². The van der Waals surface area contributed by atoms with Crippen LogP contribution in [-0.2, 0) is 9.22 Å². The second-order valence-corrected chi connectivity index (χ2v) is 13.9. The molecule has 2 nitrogen and oxygen atoms in total. The molecule has 2 aliphatic carbocycles. The van der Waals surface area contributed by atoms with E-state index in [1.807, 2.05) is 0 Å². The summed E-state index contributed by atoms with van der Waals surface area (Å²) >= 11 is 0. The molecular weight excluding hydrogens is 336 g/mol. The van der Waals surface area contributed by atoms with E-state index >= 15 is 0 Å². The molecule has 0 bridgehead atoms. The summed E-state index contributed by atoms with van der Waals surface area (Å²) in [7, 11) is -1.63. The van der Waals surface area contributed by atoms with Crippen LogP contribution in [0.4, 0.5) is 0 Å². The summed E-state index contributed by atoms with van der Waals surface area (Å²) in [5.41, 5.74) is 1.27. The van der Waals surface area contributed by atoms with Crippen LogP contribution in [0.25, 0.3) is 0 Å². The zero-order chi connectivity index (χ0) is 19.6. The minimum atomic E-state index is -1.63. The van der Waals surface area contributed by atoms with E-state index in [1.54, 1.807) is 0 Å². The monoisotopic (exact) mass is 374 g/mol. The van der Waals surface area contributed by atoms with Gasteiger partial charge in [-0.15, -0.1) is 0 Å². The van der Waals surface area contributed by atoms with Crippen LogP contribution in [0.5, 0.6) is 0 Å². The van der Waals surface area contributed by atoms with Crippen molar-refractivity contribution < 1.29 is 9.22 Å². The van der Waals surface area contributed by atoms with Gasteiger partial charge in [0.1, 0.15) is 11.4 Å². The molecule has 3 heteroatoms. The Balaban J connectivity index is 2.10. The summed E-state index contributed by atoms with van der Waals surface area (Å²) in [6.45, 7) is 15.7. The van der Waals surface area contributed by atoms with Crippen molar-refractivity contribution in [3.8, 4) is 11.8 Å². The van der Waals surface area contributed by atoms with Gasteiger partial charge in [0, 0.05) is 18.8 Å². The van der Waals surface area contributed by atoms with Gasteiger partial charge in [-0.1, -0.05) is 51.2 Å². The highest BCUT2D eigenvalue weighted by Crippen LogP contribution is 2.53. The lowest BCUT2D eigenvalue weighted by molar-refractivity contribution is -0.128. The fraction of sp³-hybridized carbons (Fsp3) is 0.783. The third-order valence-electron chi connectivity index (χ3n) is 6.41. The van der Waals surface area contributed by atoms with Crippen LogP contribution in [0.1, 0.15) is 72.6 Å². The van der Waals surface area contributed by atoms with Gasteiger partial charge in [0.2, 0.25) is 0 Å². The fourth-order valence-corrected chi connectivity index (χ4v) is 6.48. The molecule has 1 fully saturated rings. The van der Waals surface area contributed by atoms with E-state index in [4.69, 9.17) is 4.43 Å². The van der Waals surface area contributed by atoms with Crippen molar-refractivity contribution in [2.75, 3.05) is 0 Å². The van der Waals surface area contributed by atoms with Gasteiger partial charge in [0.25, 0.3) is 0 Å². The van der Waals surface area contributed by atoms with E-state index in [0.29, 0.717) is 11.7 Å². The first-order valence-electron chi connectivity index (χ1n) is 10.5. The quantitative estimate of drug-likeness (QED) is 0.317. The zero-order valence-electron chi connectivity index (χ0n) is 18.0. The number of ketones is 1. The lowest BCUT2D eigenvalue weighted by Gasteiger charge is -2.39. The maximum absolute atomic E-state index is 12.3. The van der Waals surface area contributed by atoms with Gasteiger partial charge in [0.05, 0.1) is 0 Å². The molecular formula is C23H38O2Si. The Morgan fingerprint density at radius 3 is 2.58 bits per heavy atom. The van der Waals surface area contributed by atoms with Crippen molar-refractivity contribution in [2.24, 2.45) is 17.3 Å². The largest absolute Gasteiger partial charge is 0.402 e. The second-order valence-electron chi connectivity index (χ2n) is 9.51. The van der Waals surface area contributed by atoms with Crippen molar-refractivity contribution in [3.63, 3.8) is 0 Å². The van der Waals surface area contributed by atoms with Crippen LogP contribution in [0.3, 0.4) is 0 Å². The van der Waals surface area contributed by atoms with E-state index in [0.717, 1.165) is 44.9 Å². The Kier molecular flexibility index (Phi) is 6.62. The number of allylic oxidation sites excluding steroid dienone is 2. The first kappa shape index (κ1) is 21.4. The molecule has 0 unspecified atom stereocenters. The Bertz CT molecular complexity index is 612. The zero-order valence-corrected chi connectivity index (χ0v) is 19.0. The number of carbonyl (C=O) groups is 1. The molecule has 0 aromatic rings. The molecule has 0 heterocycles. The third kappa shape index (κ3) is 4.51. The first-order chi connectivity index (χ1) is 12.1. The Morgan fingerprint density at radius 1 is 1.35 bits per heavy atom. The highest BCUT2D eigenvalue weighted by Gasteiger charge is 2.47. The van der Waals surface area contributed by atoms with Gasteiger partial charge >= 0.3 is 0 Å². The maximum atomic E-state index is 12.3. The van der Waals surface area contributed by atoms with Crippen LogP contribution in [0.15, 0.2) is 11.6 Å². The normalized spacial score (nSPS) is 27.4. The molecule has 26 heavy (non-hydrogen) atoms. The molecule has 2 rings (SSSR count). The van der Waals surface area contributed by atoms with Crippen LogP contribution in [-0.4, -0.2) is 19.7 Å². The molecule has 3 atom stereocenters. The number of Topliss-reactive ketones (excluding diaryl/α,β-unsaturated/α-hetero) is 1. The topological polar surface area (TPSA) is 26.3 Å². The summed E-state index contributed by atoms with van der Waals surface area (Å²) in [4.78, 5) is 12.3. The summed E-state index contributed by atoms with van der Waals surface area (Å²) in [5, 5.41) is 0. The molecule has 0 aromatic heterocycles. The van der Waals surface area contributed by atoms with E-state index in [-0.39, 0.29) is 16.9 Å². The Morgan fingerprint density at radius 2 is 2.00 bits per heavy atom. The van der Waals surface area contributed by atoms with Crippen LogP contribution >= 0.6 is 0 Å². The number of hydrogen-bond acceptors (Lipinski definition) is 2. The van der Waals surface area contributed by atoms with E-state index in [9.17, 15) is 4.79 Å². The van der Waals surface area contributed by atoms with E-state index < -0.39 is 8.32 Å². The predicted molar refractivity (Wildman–Crippen MR) is 112 cm³/mol. The Labute approximate surface area is 162 Å². The summed E-state index contributed by atoms with van der Waals surface area (Å²) in [6, 6.07) is 0. The van der Waals surface area contributed by atoms with Gasteiger partial charge in [-0.05, 0) is 63.1 Å². The fourth-order valence-electron chi connectivity index (χ4n) is 4.97. The first-order valence-corrected chi connectivity index (χ1v) is 13.9. The van der Waals surface area contributed by atoms with Gasteiger partial charge < -0.3 is 4.43 Å². The molecule has 2 aliphatic rings. The van der Waals surface area contributed by atoms with Gasteiger partial charge in [-0.3, -0.25) is 4.79 Å². The predicted octanol–water partition coefficient (Wildman–Crippen LogP) is 6.13. The molecule has 0 aromatic carbocycles. The van der Waals surface area contributed by atoms with Crippen LogP contribution < -0.4 is 0 Å². The number of rotatable bonds is 6.